The van der Waals surface area contributed by atoms with Crippen LogP contribution in [-0.2, 0) is 6.42 Å². The molecular weight excluding hydrogens is 358 g/mol. The lowest BCUT2D eigenvalue weighted by Gasteiger charge is -2.26. The molecular formula is C24H22F2S. The van der Waals surface area contributed by atoms with Crippen molar-refractivity contribution in [2.45, 2.75) is 37.5 Å². The average molecular weight is 381 g/mol. The Balaban J connectivity index is 1.65. The van der Waals surface area contributed by atoms with Crippen molar-refractivity contribution in [3.63, 3.8) is 0 Å². The number of aryl methyl sites for hydroxylation is 1. The van der Waals surface area contributed by atoms with Crippen LogP contribution in [0.15, 0.2) is 59.5 Å². The molecule has 1 saturated carbocycles. The van der Waals surface area contributed by atoms with E-state index in [-0.39, 0.29) is 11.6 Å². The summed E-state index contributed by atoms with van der Waals surface area (Å²) in [4.78, 5) is 0.865. The van der Waals surface area contributed by atoms with Gasteiger partial charge in [-0.15, -0.1) is 12.6 Å². The predicted molar refractivity (Wildman–Crippen MR) is 110 cm³/mol. The topological polar surface area (TPSA) is 0 Å². The first-order chi connectivity index (χ1) is 13.0. The quantitative estimate of drug-likeness (QED) is 0.453. The van der Waals surface area contributed by atoms with E-state index in [2.05, 4.69) is 12.6 Å². The normalized spacial score (nSPS) is 14.2. The molecule has 0 heterocycles. The van der Waals surface area contributed by atoms with E-state index in [1.54, 1.807) is 6.07 Å². The van der Waals surface area contributed by atoms with Gasteiger partial charge < -0.3 is 0 Å². The Morgan fingerprint density at radius 2 is 1.52 bits per heavy atom. The minimum atomic E-state index is -0.340. The maximum atomic E-state index is 14.8. The van der Waals surface area contributed by atoms with Crippen molar-refractivity contribution in [1.82, 2.24) is 0 Å². The van der Waals surface area contributed by atoms with Crippen LogP contribution in [0.25, 0.3) is 22.3 Å². The first kappa shape index (κ1) is 18.2. The van der Waals surface area contributed by atoms with Gasteiger partial charge in [-0.3, -0.25) is 0 Å². The van der Waals surface area contributed by atoms with E-state index in [0.29, 0.717) is 17.0 Å². The molecule has 0 saturated heterocycles. The van der Waals surface area contributed by atoms with E-state index in [1.807, 2.05) is 43.3 Å². The highest BCUT2D eigenvalue weighted by Gasteiger charge is 2.21. The third-order valence-electron chi connectivity index (χ3n) is 5.62. The van der Waals surface area contributed by atoms with Crippen LogP contribution < -0.4 is 0 Å². The first-order valence-corrected chi connectivity index (χ1v) is 9.84. The van der Waals surface area contributed by atoms with Crippen LogP contribution in [0.4, 0.5) is 8.78 Å². The van der Waals surface area contributed by atoms with Gasteiger partial charge in [0.1, 0.15) is 11.6 Å². The Morgan fingerprint density at radius 3 is 2.11 bits per heavy atom. The molecule has 3 heteroatoms. The van der Waals surface area contributed by atoms with Crippen molar-refractivity contribution in [1.29, 1.82) is 0 Å². The van der Waals surface area contributed by atoms with Crippen molar-refractivity contribution in [3.8, 4) is 22.3 Å². The molecule has 1 fully saturated rings. The average Bonchev–Trinajstić information content (AvgIpc) is 2.60. The number of benzene rings is 3. The van der Waals surface area contributed by atoms with E-state index < -0.39 is 0 Å². The molecule has 0 nitrogen and oxygen atoms in total. The molecule has 3 aromatic carbocycles. The zero-order valence-electron chi connectivity index (χ0n) is 15.3. The second kappa shape index (κ2) is 7.47. The van der Waals surface area contributed by atoms with Gasteiger partial charge in [0.25, 0.3) is 0 Å². The Morgan fingerprint density at radius 1 is 0.852 bits per heavy atom. The summed E-state index contributed by atoms with van der Waals surface area (Å²) < 4.78 is 29.5. The summed E-state index contributed by atoms with van der Waals surface area (Å²) in [5, 5.41) is 0. The van der Waals surface area contributed by atoms with Crippen LogP contribution in [0, 0.1) is 24.5 Å². The van der Waals surface area contributed by atoms with Gasteiger partial charge in [0, 0.05) is 10.5 Å². The van der Waals surface area contributed by atoms with Gasteiger partial charge >= 0.3 is 0 Å². The van der Waals surface area contributed by atoms with Gasteiger partial charge in [-0.2, -0.15) is 0 Å². The molecule has 1 aliphatic carbocycles. The second-order valence-corrected chi connectivity index (χ2v) is 8.01. The first-order valence-electron chi connectivity index (χ1n) is 9.39. The molecule has 0 bridgehead atoms. The van der Waals surface area contributed by atoms with E-state index in [9.17, 15) is 8.78 Å². The fourth-order valence-electron chi connectivity index (χ4n) is 3.76. The van der Waals surface area contributed by atoms with Crippen molar-refractivity contribution < 1.29 is 8.78 Å². The molecule has 27 heavy (non-hydrogen) atoms. The van der Waals surface area contributed by atoms with Crippen LogP contribution in [0.3, 0.4) is 0 Å². The summed E-state index contributed by atoms with van der Waals surface area (Å²) >= 11 is 4.28. The zero-order chi connectivity index (χ0) is 19.0. The Labute approximate surface area is 164 Å². The minimum absolute atomic E-state index is 0.218. The lowest BCUT2D eigenvalue weighted by Crippen LogP contribution is -2.15. The molecule has 0 aromatic heterocycles. The largest absolute Gasteiger partial charge is 0.207 e. The number of hydrogen-bond donors (Lipinski definition) is 1. The molecule has 138 valence electrons. The molecule has 1 aliphatic rings. The summed E-state index contributed by atoms with van der Waals surface area (Å²) in [7, 11) is 0. The summed E-state index contributed by atoms with van der Waals surface area (Å²) in [6, 6.07) is 16.1. The highest BCUT2D eigenvalue weighted by atomic mass is 32.1. The van der Waals surface area contributed by atoms with Crippen molar-refractivity contribution in [2.75, 3.05) is 0 Å². The third kappa shape index (κ3) is 3.79. The van der Waals surface area contributed by atoms with Gasteiger partial charge in [0.15, 0.2) is 0 Å². The van der Waals surface area contributed by atoms with Crippen molar-refractivity contribution >= 4 is 12.6 Å². The summed E-state index contributed by atoms with van der Waals surface area (Å²) in [5.41, 5.74) is 4.44. The zero-order valence-corrected chi connectivity index (χ0v) is 16.2. The maximum absolute atomic E-state index is 14.8. The third-order valence-corrected chi connectivity index (χ3v) is 5.91. The molecule has 0 N–H and O–H groups in total. The number of halogens is 2. The molecule has 0 unspecified atom stereocenters. The van der Waals surface area contributed by atoms with E-state index in [0.717, 1.165) is 33.6 Å². The molecule has 0 amide bonds. The smallest absolute Gasteiger partial charge is 0.131 e. The molecule has 3 aromatic rings. The van der Waals surface area contributed by atoms with E-state index in [4.69, 9.17) is 0 Å². The fourth-order valence-corrected chi connectivity index (χ4v) is 3.91. The summed E-state index contributed by atoms with van der Waals surface area (Å²) in [6.07, 6.45) is 4.41. The Hall–Kier alpha value is -2.13. The summed E-state index contributed by atoms with van der Waals surface area (Å²) in [5.74, 6) is 0.0430. The highest BCUT2D eigenvalue weighted by molar-refractivity contribution is 7.80. The lowest BCUT2D eigenvalue weighted by atomic mass is 9.79. The van der Waals surface area contributed by atoms with Gasteiger partial charge in [-0.05, 0) is 71.3 Å². The monoisotopic (exact) mass is 380 g/mol. The highest BCUT2D eigenvalue weighted by Crippen LogP contribution is 2.34. The Kier molecular flexibility index (Phi) is 5.05. The van der Waals surface area contributed by atoms with Gasteiger partial charge in [-0.1, -0.05) is 49.6 Å². The van der Waals surface area contributed by atoms with Crippen LogP contribution in [0.2, 0.25) is 0 Å². The van der Waals surface area contributed by atoms with Crippen LogP contribution in [-0.4, -0.2) is 0 Å². The fraction of sp³-hybridized carbons (Fsp3) is 0.250. The number of thiol groups is 1. The number of hydrogen-bond acceptors (Lipinski definition) is 1. The lowest BCUT2D eigenvalue weighted by molar-refractivity contribution is 0.310. The van der Waals surface area contributed by atoms with Crippen molar-refractivity contribution in [3.05, 3.63) is 77.4 Å². The van der Waals surface area contributed by atoms with E-state index >= 15 is 0 Å². The standard InChI is InChI=1S/C24H22F2S/c1-15-11-19(14-24(26)22(15)12-16-3-2-4-16)21-10-7-18(13-23(21)25)17-5-8-20(27)9-6-17/h5-11,13-14,16,27H,2-4,12H2,1H3. The molecule has 0 aliphatic heterocycles. The second-order valence-electron chi connectivity index (χ2n) is 7.50. The molecule has 4 rings (SSSR count). The van der Waals surface area contributed by atoms with Gasteiger partial charge in [0.05, 0.1) is 0 Å². The van der Waals surface area contributed by atoms with Crippen molar-refractivity contribution in [2.24, 2.45) is 5.92 Å². The molecule has 0 radical (unpaired) electrons. The summed E-state index contributed by atoms with van der Waals surface area (Å²) in [6.45, 7) is 1.92. The van der Waals surface area contributed by atoms with Crippen LogP contribution in [0.5, 0.6) is 0 Å². The maximum Gasteiger partial charge on any atom is 0.131 e. The van der Waals surface area contributed by atoms with Crippen LogP contribution >= 0.6 is 12.6 Å². The van der Waals surface area contributed by atoms with Crippen LogP contribution in [0.1, 0.15) is 30.4 Å². The van der Waals surface area contributed by atoms with E-state index in [1.165, 1.54) is 31.4 Å². The van der Waals surface area contributed by atoms with Gasteiger partial charge in [0.2, 0.25) is 0 Å². The SMILES string of the molecule is Cc1cc(-c2ccc(-c3ccc(S)cc3)cc2F)cc(F)c1CC1CCC1. The minimum Gasteiger partial charge on any atom is -0.207 e. The Bertz CT molecular complexity index is 949. The number of rotatable bonds is 4. The van der Waals surface area contributed by atoms with Gasteiger partial charge in [-0.25, -0.2) is 8.78 Å². The molecule has 0 spiro atoms. The predicted octanol–water partition coefficient (Wildman–Crippen LogP) is 7.24. The molecule has 0 atom stereocenters.